The number of Topliss-reactive ketones (excluding diaryl/α,β-unsaturated/α-hetero) is 1. The van der Waals surface area contributed by atoms with E-state index in [0.717, 1.165) is 0 Å². The van der Waals surface area contributed by atoms with Gasteiger partial charge in [0.25, 0.3) is 0 Å². The molecule has 0 aromatic carbocycles. The molecule has 0 aliphatic heterocycles. The second kappa shape index (κ2) is 4.45. The van der Waals surface area contributed by atoms with Crippen molar-refractivity contribution < 1.29 is 6.17 Å². The van der Waals surface area contributed by atoms with E-state index in [2.05, 4.69) is 15.1 Å². The highest BCUT2D eigenvalue weighted by molar-refractivity contribution is 5.99. The van der Waals surface area contributed by atoms with Gasteiger partial charge >= 0.3 is 0 Å². The lowest BCUT2D eigenvalue weighted by Gasteiger charge is -2.11. The fourth-order valence-electron chi connectivity index (χ4n) is 1.63. The van der Waals surface area contributed by atoms with Crippen molar-refractivity contribution >= 4 is 5.78 Å². The van der Waals surface area contributed by atoms with E-state index < -0.39 is 6.02 Å². The molecule has 0 radical (unpaired) electrons. The molecule has 88 valence electrons. The van der Waals surface area contributed by atoms with E-state index in [1.165, 1.54) is 24.1 Å². The van der Waals surface area contributed by atoms with E-state index in [4.69, 9.17) is 1.37 Å². The van der Waals surface area contributed by atoms with Crippen LogP contribution in [0.15, 0.2) is 24.8 Å². The third-order valence-corrected chi connectivity index (χ3v) is 2.40. The summed E-state index contributed by atoms with van der Waals surface area (Å²) < 4.78 is 9.56. The molecule has 2 rings (SSSR count). The van der Waals surface area contributed by atoms with Crippen LogP contribution in [0.1, 0.15) is 38.5 Å². The maximum atomic E-state index is 11.6. The summed E-state index contributed by atoms with van der Waals surface area (Å²) >= 11 is 0. The van der Waals surface area contributed by atoms with E-state index in [1.807, 2.05) is 0 Å². The average Bonchev–Trinajstić information content (AvgIpc) is 2.77. The second-order valence-electron chi connectivity index (χ2n) is 3.92. The molecule has 0 saturated heterocycles. The van der Waals surface area contributed by atoms with Crippen molar-refractivity contribution in [2.45, 2.75) is 26.8 Å². The quantitative estimate of drug-likeness (QED) is 0.759. The summed E-state index contributed by atoms with van der Waals surface area (Å²) in [5.74, 6) is -0.110. The van der Waals surface area contributed by atoms with Gasteiger partial charge in [-0.05, 0) is 26.8 Å². The molecular weight excluding hydrogens is 216 g/mol. The summed E-state index contributed by atoms with van der Waals surface area (Å²) in [4.78, 5) is 19.6. The molecule has 0 spiro atoms. The van der Waals surface area contributed by atoms with E-state index in [-0.39, 0.29) is 5.78 Å². The smallest absolute Gasteiger partial charge is 0.163 e. The molecule has 0 saturated carbocycles. The predicted octanol–water partition coefficient (Wildman–Crippen LogP) is 2.12. The van der Waals surface area contributed by atoms with Gasteiger partial charge in [-0.1, -0.05) is 0 Å². The molecule has 2 aromatic heterocycles. The molecule has 17 heavy (non-hydrogen) atoms. The minimum Gasteiger partial charge on any atom is -0.294 e. The molecule has 2 heterocycles. The van der Waals surface area contributed by atoms with Crippen LogP contribution >= 0.6 is 0 Å². The van der Waals surface area contributed by atoms with E-state index in [9.17, 15) is 4.79 Å². The van der Waals surface area contributed by atoms with Crippen LogP contribution in [0, 0.1) is 0 Å². The van der Waals surface area contributed by atoms with Crippen LogP contribution in [0.25, 0.3) is 11.4 Å². The highest BCUT2D eigenvalue weighted by Gasteiger charge is 2.15. The Labute approximate surface area is 101 Å². The number of aromatic nitrogens is 4. The van der Waals surface area contributed by atoms with E-state index >= 15 is 0 Å². The van der Waals surface area contributed by atoms with Crippen LogP contribution in [0.3, 0.4) is 0 Å². The Morgan fingerprint density at radius 1 is 1.53 bits per heavy atom. The summed E-state index contributed by atoms with van der Waals surface area (Å²) in [6.07, 6.45) is 4.46. The van der Waals surface area contributed by atoms with Crippen molar-refractivity contribution in [3.8, 4) is 11.4 Å². The second-order valence-corrected chi connectivity index (χ2v) is 3.92. The first kappa shape index (κ1) is 10.1. The zero-order chi connectivity index (χ0) is 13.3. The van der Waals surface area contributed by atoms with E-state index in [0.29, 0.717) is 17.0 Å². The van der Waals surface area contributed by atoms with Gasteiger partial charge in [0.1, 0.15) is 12.0 Å². The van der Waals surface area contributed by atoms with Gasteiger partial charge in [-0.2, -0.15) is 5.10 Å². The van der Waals surface area contributed by atoms with Crippen molar-refractivity contribution in [3.63, 3.8) is 0 Å². The van der Waals surface area contributed by atoms with Gasteiger partial charge in [0.15, 0.2) is 5.78 Å². The molecule has 5 nitrogen and oxygen atoms in total. The minimum atomic E-state index is -0.919. The number of rotatable bonds is 3. The predicted molar refractivity (Wildman–Crippen MR) is 63.6 cm³/mol. The SMILES string of the molecule is [2H]C(C)(C)n1nccc1-c1ncncc1C(C)=O. The topological polar surface area (TPSA) is 60.7 Å². The van der Waals surface area contributed by atoms with Gasteiger partial charge in [-0.3, -0.25) is 9.48 Å². The van der Waals surface area contributed by atoms with Crippen molar-refractivity contribution in [2.75, 3.05) is 0 Å². The Morgan fingerprint density at radius 2 is 2.29 bits per heavy atom. The van der Waals surface area contributed by atoms with Crippen LogP contribution in [0.4, 0.5) is 0 Å². The van der Waals surface area contributed by atoms with Gasteiger partial charge < -0.3 is 0 Å². The molecule has 0 fully saturated rings. The maximum Gasteiger partial charge on any atom is 0.163 e. The van der Waals surface area contributed by atoms with Gasteiger partial charge in [0.05, 0.1) is 12.6 Å². The van der Waals surface area contributed by atoms with E-state index in [1.54, 1.807) is 26.1 Å². The van der Waals surface area contributed by atoms with Crippen molar-refractivity contribution in [1.29, 1.82) is 0 Å². The molecule has 0 bridgehead atoms. The van der Waals surface area contributed by atoms with Gasteiger partial charge in [0.2, 0.25) is 0 Å². The Bertz CT molecular complexity index is 586. The Hall–Kier alpha value is -2.04. The normalized spacial score (nSPS) is 12.3. The lowest BCUT2D eigenvalue weighted by molar-refractivity contribution is 0.101. The van der Waals surface area contributed by atoms with Crippen molar-refractivity contribution in [2.24, 2.45) is 0 Å². The number of nitrogens with zero attached hydrogens (tertiary/aromatic N) is 4. The average molecular weight is 231 g/mol. The standard InChI is InChI=1S/C12H14N4O/c1-8(2)16-11(4-5-15-16)12-10(9(3)17)6-13-7-14-12/h4-8H,1-3H3/i8D. The van der Waals surface area contributed by atoms with Gasteiger partial charge in [-0.15, -0.1) is 0 Å². The van der Waals surface area contributed by atoms with Crippen molar-refractivity contribution in [3.05, 3.63) is 30.4 Å². The number of ketones is 1. The van der Waals surface area contributed by atoms with Crippen LogP contribution in [0.5, 0.6) is 0 Å². The lowest BCUT2D eigenvalue weighted by Crippen LogP contribution is -2.08. The number of hydrogen-bond donors (Lipinski definition) is 0. The maximum absolute atomic E-state index is 11.6. The molecule has 0 unspecified atom stereocenters. The first-order valence-corrected chi connectivity index (χ1v) is 5.27. The summed E-state index contributed by atoms with van der Waals surface area (Å²) in [6.45, 7) is 4.91. The van der Waals surface area contributed by atoms with Crippen LogP contribution in [-0.2, 0) is 0 Å². The zero-order valence-corrected chi connectivity index (χ0v) is 10.0. The Kier molecular flexibility index (Phi) is 2.65. The fraction of sp³-hybridized carbons (Fsp3) is 0.333. The molecule has 0 aliphatic carbocycles. The summed E-state index contributed by atoms with van der Waals surface area (Å²) in [6, 6.07) is 0.822. The fourth-order valence-corrected chi connectivity index (χ4v) is 1.63. The number of carbonyl (C=O) groups excluding carboxylic acids is 1. The Morgan fingerprint density at radius 3 is 2.94 bits per heavy atom. The molecule has 2 aromatic rings. The zero-order valence-electron chi connectivity index (χ0n) is 11.0. The molecule has 0 amide bonds. The largest absolute Gasteiger partial charge is 0.294 e. The highest BCUT2D eigenvalue weighted by Crippen LogP contribution is 2.23. The summed E-state index contributed by atoms with van der Waals surface area (Å²) in [5.41, 5.74) is 1.58. The third-order valence-electron chi connectivity index (χ3n) is 2.40. The third kappa shape index (κ3) is 2.08. The van der Waals surface area contributed by atoms with Gasteiger partial charge in [0, 0.05) is 18.4 Å². The van der Waals surface area contributed by atoms with Crippen LogP contribution in [-0.4, -0.2) is 25.5 Å². The molecule has 0 aliphatic rings. The highest BCUT2D eigenvalue weighted by atomic mass is 16.1. The minimum absolute atomic E-state index is 0.110. The monoisotopic (exact) mass is 231 g/mol. The first-order valence-electron chi connectivity index (χ1n) is 5.77. The molecule has 5 heteroatoms. The number of carbonyl (C=O) groups is 1. The van der Waals surface area contributed by atoms with Crippen molar-refractivity contribution in [1.82, 2.24) is 19.7 Å². The van der Waals surface area contributed by atoms with Crippen LogP contribution in [0.2, 0.25) is 0 Å². The molecule has 0 atom stereocenters. The number of hydrogen-bond acceptors (Lipinski definition) is 4. The molecular formula is C12H14N4O. The van der Waals surface area contributed by atoms with Crippen LogP contribution < -0.4 is 0 Å². The summed E-state index contributed by atoms with van der Waals surface area (Å²) in [5, 5.41) is 4.12. The summed E-state index contributed by atoms with van der Waals surface area (Å²) in [7, 11) is 0. The molecule has 0 N–H and O–H groups in total. The van der Waals surface area contributed by atoms with Gasteiger partial charge in [-0.25, -0.2) is 9.97 Å². The lowest BCUT2D eigenvalue weighted by atomic mass is 10.1. The Balaban J connectivity index is 2.64. The first-order chi connectivity index (χ1) is 8.41.